The smallest absolute Gasteiger partial charge is 0.308 e. The zero-order chi connectivity index (χ0) is 11.3. The van der Waals surface area contributed by atoms with E-state index in [4.69, 9.17) is 4.74 Å². The summed E-state index contributed by atoms with van der Waals surface area (Å²) in [5.41, 5.74) is 5.19. The maximum absolute atomic E-state index is 10.7. The highest BCUT2D eigenvalue weighted by Crippen LogP contribution is 2.13. The van der Waals surface area contributed by atoms with Gasteiger partial charge in [0, 0.05) is 13.3 Å². The molecule has 0 saturated carbocycles. The van der Waals surface area contributed by atoms with Crippen molar-refractivity contribution < 1.29 is 15.3 Å². The van der Waals surface area contributed by atoms with Crippen molar-refractivity contribution >= 4 is 5.97 Å². The summed E-state index contributed by atoms with van der Waals surface area (Å²) >= 11 is 0. The first kappa shape index (κ1) is 11.7. The van der Waals surface area contributed by atoms with Gasteiger partial charge in [0.1, 0.15) is 5.75 Å². The molecule has 0 aliphatic rings. The molecule has 0 heterocycles. The van der Waals surface area contributed by atoms with Crippen molar-refractivity contribution in [1.29, 1.82) is 0 Å². The largest absolute Gasteiger partial charge is 0.427 e. The molecular weight excluding hydrogens is 190 g/mol. The van der Waals surface area contributed by atoms with Crippen LogP contribution in [0.1, 0.15) is 25.8 Å². The maximum Gasteiger partial charge on any atom is 0.308 e. The van der Waals surface area contributed by atoms with E-state index in [1.165, 1.54) is 12.5 Å². The van der Waals surface area contributed by atoms with Crippen LogP contribution in [-0.2, 0) is 11.2 Å². The maximum atomic E-state index is 10.7. The number of rotatable bonds is 4. The molecule has 1 aromatic rings. The van der Waals surface area contributed by atoms with Gasteiger partial charge in [-0.2, -0.15) is 0 Å². The fraction of sp³-hybridized carbons (Fsp3) is 0.417. The number of carbonyl (C=O) groups is 1. The van der Waals surface area contributed by atoms with Gasteiger partial charge in [-0.1, -0.05) is 12.1 Å². The average molecular weight is 208 g/mol. The predicted octanol–water partition coefficient (Wildman–Crippen LogP) is 1.17. The first-order valence-electron chi connectivity index (χ1n) is 5.18. The lowest BCUT2D eigenvalue weighted by Crippen LogP contribution is -2.59. The summed E-state index contributed by atoms with van der Waals surface area (Å²) in [4.78, 5) is 10.7. The first-order chi connectivity index (χ1) is 7.08. The molecule has 3 nitrogen and oxygen atoms in total. The van der Waals surface area contributed by atoms with Gasteiger partial charge in [-0.3, -0.25) is 4.79 Å². The summed E-state index contributed by atoms with van der Waals surface area (Å²) in [6, 6.07) is 8.09. The van der Waals surface area contributed by atoms with E-state index in [1.54, 1.807) is 0 Å². The Balaban J connectivity index is 2.52. The molecule has 0 fully saturated rings. The molecule has 0 aliphatic heterocycles. The van der Waals surface area contributed by atoms with Crippen LogP contribution in [-0.4, -0.2) is 12.0 Å². The Bertz CT molecular complexity index is 317. The van der Waals surface area contributed by atoms with Gasteiger partial charge >= 0.3 is 5.97 Å². The normalized spacial score (nSPS) is 12.2. The number of aryl methyl sites for hydroxylation is 1. The molecule has 0 radical (unpaired) electrons. The van der Waals surface area contributed by atoms with Crippen LogP contribution in [0.5, 0.6) is 5.75 Å². The Morgan fingerprint density at radius 1 is 1.40 bits per heavy atom. The van der Waals surface area contributed by atoms with Gasteiger partial charge in [0.15, 0.2) is 0 Å². The van der Waals surface area contributed by atoms with Crippen molar-refractivity contribution in [2.45, 2.75) is 32.7 Å². The summed E-state index contributed by atoms with van der Waals surface area (Å²) in [5.74, 6) is 0.322. The second-order valence-electron chi connectivity index (χ2n) is 3.88. The summed E-state index contributed by atoms with van der Waals surface area (Å²) < 4.78 is 4.94. The highest BCUT2D eigenvalue weighted by molar-refractivity contribution is 5.69. The molecule has 0 spiro atoms. The van der Waals surface area contributed by atoms with Gasteiger partial charge in [-0.15, -0.1) is 0 Å². The third kappa shape index (κ3) is 4.61. The van der Waals surface area contributed by atoms with Crippen LogP contribution < -0.4 is 10.5 Å². The van der Waals surface area contributed by atoms with E-state index in [-0.39, 0.29) is 5.97 Å². The summed E-state index contributed by atoms with van der Waals surface area (Å²) in [7, 11) is 0. The number of carbonyl (C=O) groups excluding carboxylic acids is 1. The number of hydrogen-bond donors (Lipinski definition) is 1. The first-order valence-corrected chi connectivity index (χ1v) is 5.18. The fourth-order valence-electron chi connectivity index (χ4n) is 1.30. The van der Waals surface area contributed by atoms with E-state index in [2.05, 4.69) is 12.7 Å². The SMILES string of the molecule is CC(=O)Oc1ccc(CCC(C)[NH3+])cc1. The molecule has 3 heteroatoms. The van der Waals surface area contributed by atoms with E-state index >= 15 is 0 Å². The third-order valence-corrected chi connectivity index (χ3v) is 2.11. The highest BCUT2D eigenvalue weighted by atomic mass is 16.5. The summed E-state index contributed by atoms with van der Waals surface area (Å²) in [5, 5.41) is 0. The molecule has 15 heavy (non-hydrogen) atoms. The van der Waals surface area contributed by atoms with Gasteiger partial charge in [0.05, 0.1) is 6.04 Å². The van der Waals surface area contributed by atoms with Crippen LogP contribution >= 0.6 is 0 Å². The van der Waals surface area contributed by atoms with E-state index in [9.17, 15) is 4.79 Å². The van der Waals surface area contributed by atoms with Crippen LogP contribution in [0.15, 0.2) is 24.3 Å². The van der Waals surface area contributed by atoms with Gasteiger partial charge in [0.25, 0.3) is 0 Å². The second-order valence-corrected chi connectivity index (χ2v) is 3.88. The number of benzene rings is 1. The van der Waals surface area contributed by atoms with E-state index in [0.717, 1.165) is 12.8 Å². The van der Waals surface area contributed by atoms with Crippen molar-refractivity contribution in [3.8, 4) is 5.75 Å². The number of ether oxygens (including phenoxy) is 1. The molecule has 1 aromatic carbocycles. The Hall–Kier alpha value is -1.35. The third-order valence-electron chi connectivity index (χ3n) is 2.11. The predicted molar refractivity (Wildman–Crippen MR) is 58.4 cm³/mol. The van der Waals surface area contributed by atoms with Crippen LogP contribution in [0.25, 0.3) is 0 Å². The number of hydrogen-bond acceptors (Lipinski definition) is 2. The number of quaternary nitrogens is 1. The Morgan fingerprint density at radius 3 is 2.47 bits per heavy atom. The Morgan fingerprint density at radius 2 is 2.00 bits per heavy atom. The second kappa shape index (κ2) is 5.51. The van der Waals surface area contributed by atoms with Crippen LogP contribution in [0, 0.1) is 0 Å². The minimum Gasteiger partial charge on any atom is -0.427 e. The van der Waals surface area contributed by atoms with Crippen LogP contribution in [0.2, 0.25) is 0 Å². The van der Waals surface area contributed by atoms with E-state index < -0.39 is 0 Å². The Labute approximate surface area is 90.2 Å². The topological polar surface area (TPSA) is 53.9 Å². The molecule has 0 bridgehead atoms. The molecule has 1 unspecified atom stereocenters. The molecule has 0 amide bonds. The standard InChI is InChI=1S/C12H17NO2/c1-9(13)3-4-11-5-7-12(8-6-11)15-10(2)14/h5-9H,3-4,13H2,1-2H3/p+1. The van der Waals surface area contributed by atoms with Gasteiger partial charge in [0.2, 0.25) is 0 Å². The average Bonchev–Trinajstić information content (AvgIpc) is 2.16. The highest BCUT2D eigenvalue weighted by Gasteiger charge is 2.01. The van der Waals surface area contributed by atoms with Crippen molar-refractivity contribution in [3.05, 3.63) is 29.8 Å². The van der Waals surface area contributed by atoms with Crippen molar-refractivity contribution in [3.63, 3.8) is 0 Å². The zero-order valence-corrected chi connectivity index (χ0v) is 9.32. The van der Waals surface area contributed by atoms with E-state index in [0.29, 0.717) is 11.8 Å². The lowest BCUT2D eigenvalue weighted by molar-refractivity contribution is -0.415. The molecule has 82 valence electrons. The molecule has 0 aromatic heterocycles. The van der Waals surface area contributed by atoms with Crippen LogP contribution in [0.3, 0.4) is 0 Å². The monoisotopic (exact) mass is 208 g/mol. The van der Waals surface area contributed by atoms with Gasteiger partial charge in [-0.05, 0) is 31.0 Å². The number of esters is 1. The molecular formula is C12H18NO2+. The summed E-state index contributed by atoms with van der Waals surface area (Å²) in [6.07, 6.45) is 2.10. The fourth-order valence-corrected chi connectivity index (χ4v) is 1.30. The molecule has 1 rings (SSSR count). The van der Waals surface area contributed by atoms with Crippen LogP contribution in [0.4, 0.5) is 0 Å². The minimum absolute atomic E-state index is 0.283. The van der Waals surface area contributed by atoms with Crippen molar-refractivity contribution in [2.75, 3.05) is 0 Å². The minimum atomic E-state index is -0.283. The lowest BCUT2D eigenvalue weighted by atomic mass is 10.1. The lowest BCUT2D eigenvalue weighted by Gasteiger charge is -2.04. The molecule has 1 atom stereocenters. The molecule has 0 aliphatic carbocycles. The zero-order valence-electron chi connectivity index (χ0n) is 9.32. The molecule has 0 saturated heterocycles. The summed E-state index contributed by atoms with van der Waals surface area (Å²) in [6.45, 7) is 3.51. The Kier molecular flexibility index (Phi) is 4.31. The van der Waals surface area contributed by atoms with Gasteiger partial charge < -0.3 is 10.5 Å². The molecule has 3 N–H and O–H groups in total. The van der Waals surface area contributed by atoms with Gasteiger partial charge in [-0.25, -0.2) is 0 Å². The van der Waals surface area contributed by atoms with Crippen molar-refractivity contribution in [2.24, 2.45) is 0 Å². The van der Waals surface area contributed by atoms with E-state index in [1.807, 2.05) is 24.3 Å². The quantitative estimate of drug-likeness (QED) is 0.596. The van der Waals surface area contributed by atoms with Crippen molar-refractivity contribution in [1.82, 2.24) is 0 Å².